The average Bonchev–Trinajstić information content (AvgIpc) is 2.38. The van der Waals surface area contributed by atoms with Gasteiger partial charge in [0.1, 0.15) is 11.4 Å². The molecule has 0 aliphatic rings. The molecule has 5 nitrogen and oxygen atoms in total. The number of hydrogen-bond acceptors (Lipinski definition) is 4. The number of carbonyl (C=O) groups excluding carboxylic acids is 1. The van der Waals surface area contributed by atoms with Crippen LogP contribution < -0.4 is 10.6 Å². The minimum absolute atomic E-state index is 0.0817. The second-order valence-corrected chi connectivity index (χ2v) is 6.15. The van der Waals surface area contributed by atoms with Crippen molar-refractivity contribution in [1.29, 1.82) is 0 Å². The van der Waals surface area contributed by atoms with E-state index >= 15 is 0 Å². The SMILES string of the molecule is COCCC(C)Nc1ccc(F)c(NC(=O)OC(C)(C)C)c1. The van der Waals surface area contributed by atoms with Crippen LogP contribution in [0.1, 0.15) is 34.1 Å². The zero-order valence-electron chi connectivity index (χ0n) is 13.8. The molecule has 2 N–H and O–H groups in total. The lowest BCUT2D eigenvalue weighted by Crippen LogP contribution is -2.27. The molecular weight excluding hydrogens is 287 g/mol. The molecule has 1 rings (SSSR count). The van der Waals surface area contributed by atoms with Gasteiger partial charge in [-0.25, -0.2) is 9.18 Å². The minimum atomic E-state index is -0.684. The predicted octanol–water partition coefficient (Wildman–Crippen LogP) is 4.01. The van der Waals surface area contributed by atoms with Crippen molar-refractivity contribution in [3.05, 3.63) is 24.0 Å². The van der Waals surface area contributed by atoms with Crippen molar-refractivity contribution >= 4 is 17.5 Å². The molecule has 1 atom stereocenters. The number of methoxy groups -OCH3 is 1. The smallest absolute Gasteiger partial charge is 0.412 e. The highest BCUT2D eigenvalue weighted by Gasteiger charge is 2.17. The number of carbonyl (C=O) groups is 1. The number of ether oxygens (including phenoxy) is 2. The molecule has 22 heavy (non-hydrogen) atoms. The molecule has 0 bridgehead atoms. The summed E-state index contributed by atoms with van der Waals surface area (Å²) in [5, 5.41) is 5.65. The summed E-state index contributed by atoms with van der Waals surface area (Å²) in [5.74, 6) is -0.513. The van der Waals surface area contributed by atoms with Crippen LogP contribution in [0, 0.1) is 5.82 Å². The molecule has 124 valence electrons. The van der Waals surface area contributed by atoms with E-state index in [1.807, 2.05) is 6.92 Å². The van der Waals surface area contributed by atoms with Crippen molar-refractivity contribution in [2.24, 2.45) is 0 Å². The molecule has 0 aromatic heterocycles. The third-order valence-electron chi connectivity index (χ3n) is 2.77. The van der Waals surface area contributed by atoms with E-state index in [4.69, 9.17) is 9.47 Å². The van der Waals surface area contributed by atoms with Gasteiger partial charge in [0, 0.05) is 25.4 Å². The van der Waals surface area contributed by atoms with E-state index in [9.17, 15) is 9.18 Å². The fourth-order valence-electron chi connectivity index (χ4n) is 1.78. The van der Waals surface area contributed by atoms with E-state index < -0.39 is 17.5 Å². The van der Waals surface area contributed by atoms with Crippen molar-refractivity contribution in [2.75, 3.05) is 24.4 Å². The van der Waals surface area contributed by atoms with Crippen molar-refractivity contribution < 1.29 is 18.7 Å². The van der Waals surface area contributed by atoms with Crippen LogP contribution in [0.5, 0.6) is 0 Å². The zero-order valence-corrected chi connectivity index (χ0v) is 13.8. The van der Waals surface area contributed by atoms with E-state index in [0.29, 0.717) is 6.61 Å². The molecule has 1 unspecified atom stereocenters. The standard InChI is InChI=1S/C16H25FN2O3/c1-11(8-9-21-5)18-12-6-7-13(17)14(10-12)19-15(20)22-16(2,3)4/h6-7,10-11,18H,8-9H2,1-5H3,(H,19,20). The second-order valence-electron chi connectivity index (χ2n) is 6.15. The summed E-state index contributed by atoms with van der Waals surface area (Å²) >= 11 is 0. The summed E-state index contributed by atoms with van der Waals surface area (Å²) in [6.45, 7) is 7.89. The Morgan fingerprint density at radius 3 is 2.64 bits per heavy atom. The van der Waals surface area contributed by atoms with Gasteiger partial charge in [-0.1, -0.05) is 0 Å². The molecule has 0 saturated heterocycles. The summed E-state index contributed by atoms with van der Waals surface area (Å²) in [6.07, 6.45) is 0.138. The molecule has 0 radical (unpaired) electrons. The first kappa shape index (κ1) is 18.2. The van der Waals surface area contributed by atoms with E-state index in [2.05, 4.69) is 10.6 Å². The van der Waals surface area contributed by atoms with Crippen molar-refractivity contribution in [3.8, 4) is 0 Å². The number of anilines is 2. The van der Waals surface area contributed by atoms with Crippen LogP contribution in [0.25, 0.3) is 0 Å². The maximum atomic E-state index is 13.8. The lowest BCUT2D eigenvalue weighted by Gasteiger charge is -2.20. The Balaban J connectivity index is 2.71. The average molecular weight is 312 g/mol. The lowest BCUT2D eigenvalue weighted by molar-refractivity contribution is 0.0635. The van der Waals surface area contributed by atoms with Crippen molar-refractivity contribution in [2.45, 2.75) is 45.8 Å². The molecule has 0 saturated carbocycles. The summed E-state index contributed by atoms with van der Waals surface area (Å²) in [4.78, 5) is 11.7. The Bertz CT molecular complexity index is 501. The molecule has 0 aliphatic carbocycles. The van der Waals surface area contributed by atoms with Gasteiger partial charge in [0.2, 0.25) is 0 Å². The molecule has 1 aromatic carbocycles. The number of rotatable bonds is 6. The Kier molecular flexibility index (Phi) is 6.61. The molecule has 0 spiro atoms. The van der Waals surface area contributed by atoms with Crippen LogP contribution in [0.3, 0.4) is 0 Å². The fraction of sp³-hybridized carbons (Fsp3) is 0.562. The highest BCUT2D eigenvalue weighted by molar-refractivity contribution is 5.85. The first-order valence-corrected chi connectivity index (χ1v) is 7.26. The Morgan fingerprint density at radius 1 is 1.36 bits per heavy atom. The molecule has 0 aliphatic heterocycles. The van der Waals surface area contributed by atoms with Crippen molar-refractivity contribution in [3.63, 3.8) is 0 Å². The predicted molar refractivity (Wildman–Crippen MR) is 85.8 cm³/mol. The maximum absolute atomic E-state index is 13.8. The van der Waals surface area contributed by atoms with Crippen LogP contribution >= 0.6 is 0 Å². The molecular formula is C16H25FN2O3. The summed E-state index contributed by atoms with van der Waals surface area (Å²) in [7, 11) is 1.65. The van der Waals surface area contributed by atoms with Gasteiger partial charge in [0.15, 0.2) is 0 Å². The maximum Gasteiger partial charge on any atom is 0.412 e. The number of halogens is 1. The number of hydrogen-bond donors (Lipinski definition) is 2. The first-order valence-electron chi connectivity index (χ1n) is 7.26. The van der Waals surface area contributed by atoms with Gasteiger partial charge < -0.3 is 14.8 Å². The second kappa shape index (κ2) is 7.98. The Morgan fingerprint density at radius 2 is 2.05 bits per heavy atom. The van der Waals surface area contributed by atoms with Crippen LogP contribution in [0.15, 0.2) is 18.2 Å². The summed E-state index contributed by atoms with van der Waals surface area (Å²) in [6, 6.07) is 4.64. The largest absolute Gasteiger partial charge is 0.444 e. The molecule has 1 amide bonds. The topological polar surface area (TPSA) is 59.6 Å². The van der Waals surface area contributed by atoms with E-state index in [0.717, 1.165) is 12.1 Å². The van der Waals surface area contributed by atoms with Gasteiger partial charge in [0.25, 0.3) is 0 Å². The fourth-order valence-corrected chi connectivity index (χ4v) is 1.78. The zero-order chi connectivity index (χ0) is 16.8. The third kappa shape index (κ3) is 6.76. The van der Waals surface area contributed by atoms with Gasteiger partial charge in [-0.3, -0.25) is 5.32 Å². The normalized spacial score (nSPS) is 12.6. The van der Waals surface area contributed by atoms with Gasteiger partial charge in [-0.2, -0.15) is 0 Å². The number of amides is 1. The van der Waals surface area contributed by atoms with Crippen LogP contribution in [-0.4, -0.2) is 31.5 Å². The molecule has 1 aromatic rings. The monoisotopic (exact) mass is 312 g/mol. The van der Waals surface area contributed by atoms with E-state index in [1.165, 1.54) is 6.07 Å². The van der Waals surface area contributed by atoms with Gasteiger partial charge in [0.05, 0.1) is 5.69 Å². The van der Waals surface area contributed by atoms with Gasteiger partial charge in [-0.15, -0.1) is 0 Å². The summed E-state index contributed by atoms with van der Waals surface area (Å²) in [5.41, 5.74) is 0.166. The Labute approximate surface area is 131 Å². The van der Waals surface area contributed by atoms with Crippen LogP contribution in [0.4, 0.5) is 20.6 Å². The molecule has 0 heterocycles. The number of nitrogens with one attached hydrogen (secondary N) is 2. The number of benzene rings is 1. The first-order chi connectivity index (χ1) is 10.2. The van der Waals surface area contributed by atoms with Gasteiger partial charge >= 0.3 is 6.09 Å². The highest BCUT2D eigenvalue weighted by Crippen LogP contribution is 2.21. The highest BCUT2D eigenvalue weighted by atomic mass is 19.1. The third-order valence-corrected chi connectivity index (χ3v) is 2.77. The summed E-state index contributed by atoms with van der Waals surface area (Å²) < 4.78 is 23.9. The Hall–Kier alpha value is -1.82. The lowest BCUT2D eigenvalue weighted by atomic mass is 10.2. The minimum Gasteiger partial charge on any atom is -0.444 e. The van der Waals surface area contributed by atoms with Crippen molar-refractivity contribution in [1.82, 2.24) is 0 Å². The van der Waals surface area contributed by atoms with Crippen LogP contribution in [0.2, 0.25) is 0 Å². The molecule has 0 fully saturated rings. The van der Waals surface area contributed by atoms with Crippen LogP contribution in [-0.2, 0) is 9.47 Å². The van der Waals surface area contributed by atoms with Gasteiger partial charge in [-0.05, 0) is 52.3 Å². The van der Waals surface area contributed by atoms with E-state index in [1.54, 1.807) is 40.0 Å². The molecule has 6 heteroatoms. The quantitative estimate of drug-likeness (QED) is 0.833. The van der Waals surface area contributed by atoms with E-state index in [-0.39, 0.29) is 11.7 Å².